The van der Waals surface area contributed by atoms with Gasteiger partial charge in [-0.05, 0) is 41.2 Å². The van der Waals surface area contributed by atoms with Crippen LogP contribution in [0.2, 0.25) is 5.02 Å². The van der Waals surface area contributed by atoms with Gasteiger partial charge in [-0.2, -0.15) is 10.1 Å². The Hall–Kier alpha value is -2.33. The molecule has 5 heteroatoms. The Morgan fingerprint density at radius 2 is 1.92 bits per heavy atom. The summed E-state index contributed by atoms with van der Waals surface area (Å²) < 4.78 is 1.95. The highest BCUT2D eigenvalue weighted by Crippen LogP contribution is 2.38. The highest BCUT2D eigenvalue weighted by Gasteiger charge is 2.29. The first-order valence-electron chi connectivity index (χ1n) is 8.63. The molecular formula is C20H21ClN4. The maximum Gasteiger partial charge on any atom is 0.222 e. The summed E-state index contributed by atoms with van der Waals surface area (Å²) in [6.45, 7) is 4.43. The second kappa shape index (κ2) is 6.52. The van der Waals surface area contributed by atoms with E-state index in [1.165, 1.54) is 11.1 Å². The maximum atomic E-state index is 6.20. The number of hydrogen-bond donors (Lipinski definition) is 1. The molecule has 1 aromatic heterocycles. The molecule has 2 heterocycles. The minimum atomic E-state index is 0.118. The smallest absolute Gasteiger partial charge is 0.222 e. The average molecular weight is 353 g/mol. The first-order valence-corrected chi connectivity index (χ1v) is 9.01. The van der Waals surface area contributed by atoms with E-state index >= 15 is 0 Å². The van der Waals surface area contributed by atoms with Crippen LogP contribution < -0.4 is 5.32 Å². The molecule has 128 valence electrons. The van der Waals surface area contributed by atoms with Gasteiger partial charge in [0.25, 0.3) is 0 Å². The van der Waals surface area contributed by atoms with Gasteiger partial charge in [0.1, 0.15) is 6.33 Å². The van der Waals surface area contributed by atoms with Crippen molar-refractivity contribution in [1.29, 1.82) is 0 Å². The minimum Gasteiger partial charge on any atom is -0.348 e. The fourth-order valence-electron chi connectivity index (χ4n) is 3.44. The van der Waals surface area contributed by atoms with Gasteiger partial charge in [-0.15, -0.1) is 0 Å². The summed E-state index contributed by atoms with van der Waals surface area (Å²) in [6, 6.07) is 17.2. The molecule has 0 fully saturated rings. The second-order valence-electron chi connectivity index (χ2n) is 6.85. The number of anilines is 1. The molecule has 0 radical (unpaired) electrons. The van der Waals surface area contributed by atoms with Crippen molar-refractivity contribution >= 4 is 17.5 Å². The number of hydrogen-bond acceptors (Lipinski definition) is 3. The van der Waals surface area contributed by atoms with Gasteiger partial charge in [0.15, 0.2) is 0 Å². The van der Waals surface area contributed by atoms with Crippen LogP contribution >= 0.6 is 11.6 Å². The fourth-order valence-corrected chi connectivity index (χ4v) is 3.64. The number of halogens is 1. The van der Waals surface area contributed by atoms with Crippen molar-refractivity contribution in [2.75, 3.05) is 5.32 Å². The third-order valence-corrected chi connectivity index (χ3v) is 5.10. The Bertz CT molecular complexity index is 869. The molecule has 0 unspecified atom stereocenters. The van der Waals surface area contributed by atoms with Gasteiger partial charge in [-0.3, -0.25) is 0 Å². The second-order valence-corrected chi connectivity index (χ2v) is 7.29. The highest BCUT2D eigenvalue weighted by atomic mass is 35.5. The molecule has 0 aliphatic carbocycles. The first kappa shape index (κ1) is 16.2. The predicted octanol–water partition coefficient (Wildman–Crippen LogP) is 5.20. The molecule has 1 aliphatic rings. The number of aromatic nitrogens is 3. The van der Waals surface area contributed by atoms with Gasteiger partial charge in [-0.1, -0.05) is 61.8 Å². The largest absolute Gasteiger partial charge is 0.348 e. The predicted molar refractivity (Wildman–Crippen MR) is 101 cm³/mol. The van der Waals surface area contributed by atoms with E-state index in [9.17, 15) is 0 Å². The third kappa shape index (κ3) is 3.14. The van der Waals surface area contributed by atoms with Crippen LogP contribution in [0.5, 0.6) is 0 Å². The SMILES string of the molecule is CC(C)c1ccc([C@H]2C[C@@H](c3cccc(Cl)c3)n3ncnc3N2)cc1. The summed E-state index contributed by atoms with van der Waals surface area (Å²) in [5.41, 5.74) is 3.78. The molecule has 4 nitrogen and oxygen atoms in total. The van der Waals surface area contributed by atoms with Gasteiger partial charge >= 0.3 is 0 Å². The quantitative estimate of drug-likeness (QED) is 0.704. The summed E-state index contributed by atoms with van der Waals surface area (Å²) in [4.78, 5) is 4.38. The Kier molecular flexibility index (Phi) is 4.22. The lowest BCUT2D eigenvalue weighted by Gasteiger charge is -2.32. The van der Waals surface area contributed by atoms with Crippen LogP contribution in [-0.2, 0) is 0 Å². The van der Waals surface area contributed by atoms with Crippen molar-refractivity contribution in [3.63, 3.8) is 0 Å². The van der Waals surface area contributed by atoms with Crippen molar-refractivity contribution in [2.24, 2.45) is 0 Å². The molecule has 0 saturated carbocycles. The topological polar surface area (TPSA) is 42.7 Å². The van der Waals surface area contributed by atoms with Crippen molar-refractivity contribution in [3.8, 4) is 0 Å². The van der Waals surface area contributed by atoms with Gasteiger partial charge in [0.2, 0.25) is 5.95 Å². The first-order chi connectivity index (χ1) is 12.1. The molecule has 4 rings (SSSR count). The number of nitrogens with zero attached hydrogens (tertiary/aromatic N) is 3. The molecule has 0 spiro atoms. The Labute approximate surface area is 152 Å². The van der Waals surface area contributed by atoms with Crippen molar-refractivity contribution in [3.05, 3.63) is 76.6 Å². The molecule has 2 atom stereocenters. The molecule has 0 amide bonds. The Morgan fingerprint density at radius 1 is 1.12 bits per heavy atom. The summed E-state index contributed by atoms with van der Waals surface area (Å²) in [5, 5.41) is 8.67. The van der Waals surface area contributed by atoms with E-state index in [1.54, 1.807) is 6.33 Å². The summed E-state index contributed by atoms with van der Waals surface area (Å²) in [5.74, 6) is 1.34. The van der Waals surface area contributed by atoms with Gasteiger partial charge in [0, 0.05) is 5.02 Å². The van der Waals surface area contributed by atoms with E-state index in [1.807, 2.05) is 22.9 Å². The van der Waals surface area contributed by atoms with E-state index < -0.39 is 0 Å². The Morgan fingerprint density at radius 3 is 2.64 bits per heavy atom. The lowest BCUT2D eigenvalue weighted by molar-refractivity contribution is 0.431. The van der Waals surface area contributed by atoms with Crippen LogP contribution in [0.3, 0.4) is 0 Å². The van der Waals surface area contributed by atoms with E-state index in [4.69, 9.17) is 11.6 Å². The zero-order valence-corrected chi connectivity index (χ0v) is 15.1. The lowest BCUT2D eigenvalue weighted by atomic mass is 9.92. The van der Waals surface area contributed by atoms with Crippen LogP contribution in [0, 0.1) is 0 Å². The monoisotopic (exact) mass is 352 g/mol. The number of nitrogens with one attached hydrogen (secondary N) is 1. The number of rotatable bonds is 3. The van der Waals surface area contributed by atoms with Crippen molar-refractivity contribution in [1.82, 2.24) is 14.8 Å². The van der Waals surface area contributed by atoms with E-state index in [-0.39, 0.29) is 12.1 Å². The zero-order valence-electron chi connectivity index (χ0n) is 14.4. The summed E-state index contributed by atoms with van der Waals surface area (Å²) in [6.07, 6.45) is 2.50. The molecule has 25 heavy (non-hydrogen) atoms. The highest BCUT2D eigenvalue weighted by molar-refractivity contribution is 6.30. The maximum absolute atomic E-state index is 6.20. The molecule has 0 bridgehead atoms. The summed E-state index contributed by atoms with van der Waals surface area (Å²) >= 11 is 6.20. The van der Waals surface area contributed by atoms with Crippen LogP contribution in [0.25, 0.3) is 0 Å². The fraction of sp³-hybridized carbons (Fsp3) is 0.300. The zero-order chi connectivity index (χ0) is 17.4. The lowest BCUT2D eigenvalue weighted by Crippen LogP contribution is -2.28. The summed E-state index contributed by atoms with van der Waals surface area (Å²) in [7, 11) is 0. The average Bonchev–Trinajstić information content (AvgIpc) is 3.09. The number of benzene rings is 2. The molecule has 2 aromatic carbocycles. The molecule has 1 N–H and O–H groups in total. The molecule has 3 aromatic rings. The van der Waals surface area contributed by atoms with Gasteiger partial charge in [-0.25, -0.2) is 4.68 Å². The molecular weight excluding hydrogens is 332 g/mol. The third-order valence-electron chi connectivity index (χ3n) is 4.87. The van der Waals surface area contributed by atoms with Crippen molar-refractivity contribution < 1.29 is 0 Å². The normalized spacial score (nSPS) is 19.5. The van der Waals surface area contributed by atoms with Crippen LogP contribution in [-0.4, -0.2) is 14.8 Å². The van der Waals surface area contributed by atoms with E-state index in [2.05, 4.69) is 59.6 Å². The van der Waals surface area contributed by atoms with Gasteiger partial charge < -0.3 is 5.32 Å². The Balaban J connectivity index is 1.68. The molecule has 0 saturated heterocycles. The van der Waals surface area contributed by atoms with Crippen LogP contribution in [0.15, 0.2) is 54.9 Å². The number of fused-ring (bicyclic) bond motifs is 1. The molecule has 1 aliphatic heterocycles. The van der Waals surface area contributed by atoms with Crippen LogP contribution in [0.4, 0.5) is 5.95 Å². The standard InChI is InChI=1S/C20H21ClN4/c1-13(2)14-6-8-15(9-7-14)18-11-19(16-4-3-5-17(21)10-16)25-20(24-18)22-12-23-25/h3-10,12-13,18-19H,11H2,1-2H3,(H,22,23,24)/t18-,19+/m1/s1. The van der Waals surface area contributed by atoms with E-state index in [0.29, 0.717) is 5.92 Å². The van der Waals surface area contributed by atoms with Crippen LogP contribution in [0.1, 0.15) is 55.0 Å². The van der Waals surface area contributed by atoms with Crippen molar-refractivity contribution in [2.45, 2.75) is 38.3 Å². The minimum absolute atomic E-state index is 0.118. The van der Waals surface area contributed by atoms with Gasteiger partial charge in [0.05, 0.1) is 12.1 Å². The van der Waals surface area contributed by atoms with E-state index in [0.717, 1.165) is 23.0 Å².